The number of ether oxygens (including phenoxy) is 1. The first-order valence-electron chi connectivity index (χ1n) is 9.44. The highest BCUT2D eigenvalue weighted by Gasteiger charge is 2.21. The van der Waals surface area contributed by atoms with Crippen LogP contribution in [-0.4, -0.2) is 47.8 Å². The molecule has 0 atom stereocenters. The van der Waals surface area contributed by atoms with Gasteiger partial charge < -0.3 is 20.1 Å². The van der Waals surface area contributed by atoms with Crippen molar-refractivity contribution in [3.05, 3.63) is 56.4 Å². The number of hydrogen-bond acceptors (Lipinski definition) is 8. The van der Waals surface area contributed by atoms with E-state index in [1.807, 2.05) is 0 Å². The van der Waals surface area contributed by atoms with E-state index in [4.69, 9.17) is 16.3 Å². The molecule has 1 fully saturated rings. The van der Waals surface area contributed by atoms with Crippen molar-refractivity contribution in [3.63, 3.8) is 0 Å². The number of H-pyrrole nitrogens is 2. The molecule has 11 nitrogen and oxygen atoms in total. The van der Waals surface area contributed by atoms with Gasteiger partial charge in [-0.2, -0.15) is 19.6 Å². The molecule has 158 valence electrons. The Bertz CT molecular complexity index is 1470. The van der Waals surface area contributed by atoms with Gasteiger partial charge in [-0.05, 0) is 31.1 Å². The van der Waals surface area contributed by atoms with E-state index in [2.05, 4.69) is 35.3 Å². The molecule has 0 aliphatic heterocycles. The topological polar surface area (TPSA) is 146 Å². The Hall–Kier alpha value is -3.86. The molecule has 3 heterocycles. The van der Waals surface area contributed by atoms with E-state index >= 15 is 0 Å². The average molecular weight is 441 g/mol. The van der Waals surface area contributed by atoms with Crippen LogP contribution in [0.3, 0.4) is 0 Å². The largest absolute Gasteiger partial charge is 0.495 e. The van der Waals surface area contributed by atoms with E-state index in [-0.39, 0.29) is 23.6 Å². The molecule has 4 aromatic rings. The first-order valence-corrected chi connectivity index (χ1v) is 9.82. The van der Waals surface area contributed by atoms with Crippen LogP contribution < -0.4 is 26.6 Å². The molecule has 1 aliphatic carbocycles. The summed E-state index contributed by atoms with van der Waals surface area (Å²) in [6.45, 7) is 0. The SMILES string of the molecule is COc1cccc(Nc2nc(=NC3CC3)n3nc/c(=C\c4[nH]c(=O)[nH]c4O)c3n2)c1Cl. The molecule has 31 heavy (non-hydrogen) atoms. The summed E-state index contributed by atoms with van der Waals surface area (Å²) in [7, 11) is 1.54. The molecule has 5 rings (SSSR count). The third kappa shape index (κ3) is 3.70. The van der Waals surface area contributed by atoms with Crippen LogP contribution in [0, 0.1) is 0 Å². The van der Waals surface area contributed by atoms with E-state index in [0.717, 1.165) is 12.8 Å². The summed E-state index contributed by atoms with van der Waals surface area (Å²) in [6.07, 6.45) is 5.11. The van der Waals surface area contributed by atoms with Crippen LogP contribution in [0.1, 0.15) is 18.5 Å². The summed E-state index contributed by atoms with van der Waals surface area (Å²) in [5.74, 6) is 0.507. The van der Waals surface area contributed by atoms with Crippen LogP contribution >= 0.6 is 11.6 Å². The Kier molecular flexibility index (Phi) is 4.59. The molecular weight excluding hydrogens is 424 g/mol. The number of methoxy groups -OCH3 is 1. The maximum Gasteiger partial charge on any atom is 0.326 e. The highest BCUT2D eigenvalue weighted by Crippen LogP contribution is 2.32. The van der Waals surface area contributed by atoms with Gasteiger partial charge in [0.1, 0.15) is 16.5 Å². The molecule has 1 aliphatic rings. The average Bonchev–Trinajstić information content (AvgIpc) is 3.38. The van der Waals surface area contributed by atoms with E-state index in [9.17, 15) is 9.90 Å². The second kappa shape index (κ2) is 7.43. The van der Waals surface area contributed by atoms with Gasteiger partial charge in [0.15, 0.2) is 5.65 Å². The molecule has 0 spiro atoms. The Morgan fingerprint density at radius 1 is 1.35 bits per heavy atom. The van der Waals surface area contributed by atoms with Gasteiger partial charge in [-0.3, -0.25) is 4.98 Å². The van der Waals surface area contributed by atoms with Crippen molar-refractivity contribution >= 4 is 35.0 Å². The number of rotatable bonds is 5. The minimum absolute atomic E-state index is 0.202. The van der Waals surface area contributed by atoms with E-state index in [1.54, 1.807) is 30.5 Å². The van der Waals surface area contributed by atoms with Crippen LogP contribution in [0.15, 0.2) is 34.2 Å². The van der Waals surface area contributed by atoms with Crippen molar-refractivity contribution in [1.82, 2.24) is 29.5 Å². The zero-order valence-electron chi connectivity index (χ0n) is 16.3. The van der Waals surface area contributed by atoms with Crippen molar-refractivity contribution in [3.8, 4) is 11.6 Å². The summed E-state index contributed by atoms with van der Waals surface area (Å²) in [5.41, 5.74) is 1.09. The number of halogens is 1. The van der Waals surface area contributed by atoms with Crippen LogP contribution in [0.25, 0.3) is 11.7 Å². The van der Waals surface area contributed by atoms with Gasteiger partial charge in [-0.25, -0.2) is 9.79 Å². The molecule has 1 aromatic carbocycles. The molecule has 0 radical (unpaired) electrons. The standard InChI is InChI=1S/C19H17ClN8O3/c1-31-13-4-2-3-11(14(13)20)23-17-25-15-9(7-12-16(29)26-19(30)24-12)8-21-28(15)18(27-17)22-10-5-6-10/h2-4,7-8,10,29H,5-6H2,1H3,(H,22,23,27)(H2,24,26,30)/b9-7+. The van der Waals surface area contributed by atoms with Crippen molar-refractivity contribution < 1.29 is 9.84 Å². The molecule has 0 saturated heterocycles. The molecule has 0 amide bonds. The predicted molar refractivity (Wildman–Crippen MR) is 113 cm³/mol. The molecule has 0 unspecified atom stereocenters. The van der Waals surface area contributed by atoms with Crippen LogP contribution in [0.4, 0.5) is 11.6 Å². The molecular formula is C19H17ClN8O3. The summed E-state index contributed by atoms with van der Waals surface area (Å²) in [6, 6.07) is 5.53. The zero-order valence-corrected chi connectivity index (χ0v) is 17.0. The lowest BCUT2D eigenvalue weighted by Crippen LogP contribution is -2.24. The highest BCUT2D eigenvalue weighted by atomic mass is 35.5. The Labute approximate surface area is 179 Å². The van der Waals surface area contributed by atoms with Gasteiger partial charge in [0, 0.05) is 5.22 Å². The number of nitrogens with zero attached hydrogens (tertiary/aromatic N) is 5. The van der Waals surface area contributed by atoms with Crippen LogP contribution in [-0.2, 0) is 0 Å². The maximum atomic E-state index is 11.4. The third-order valence-electron chi connectivity index (χ3n) is 4.69. The molecule has 12 heteroatoms. The lowest BCUT2D eigenvalue weighted by atomic mass is 10.3. The monoisotopic (exact) mass is 440 g/mol. The maximum absolute atomic E-state index is 11.4. The fourth-order valence-electron chi connectivity index (χ4n) is 3.02. The first kappa shape index (κ1) is 19.1. The number of hydrogen-bond donors (Lipinski definition) is 4. The highest BCUT2D eigenvalue weighted by molar-refractivity contribution is 6.34. The van der Waals surface area contributed by atoms with Gasteiger partial charge in [0.25, 0.3) is 5.62 Å². The second-order valence-electron chi connectivity index (χ2n) is 6.98. The van der Waals surface area contributed by atoms with Gasteiger partial charge >= 0.3 is 5.69 Å². The normalized spacial score (nSPS) is 15.0. The smallest absolute Gasteiger partial charge is 0.326 e. The number of nitrogens with one attached hydrogen (secondary N) is 3. The van der Waals surface area contributed by atoms with Crippen LogP contribution in [0.2, 0.25) is 5.02 Å². The van der Waals surface area contributed by atoms with E-state index in [1.165, 1.54) is 11.6 Å². The second-order valence-corrected chi connectivity index (χ2v) is 7.35. The number of imidazole rings is 1. The lowest BCUT2D eigenvalue weighted by molar-refractivity contribution is 0.415. The number of anilines is 2. The Morgan fingerprint density at radius 2 is 2.19 bits per heavy atom. The van der Waals surface area contributed by atoms with E-state index < -0.39 is 5.69 Å². The number of aromatic nitrogens is 6. The Balaban J connectivity index is 1.68. The summed E-state index contributed by atoms with van der Waals surface area (Å²) < 4.78 is 6.78. The number of aromatic hydroxyl groups is 1. The number of aromatic amines is 2. The first-order chi connectivity index (χ1) is 15.0. The van der Waals surface area contributed by atoms with E-state index in [0.29, 0.717) is 32.9 Å². The third-order valence-corrected chi connectivity index (χ3v) is 5.08. The van der Waals surface area contributed by atoms with Crippen molar-refractivity contribution in [2.24, 2.45) is 4.99 Å². The lowest BCUT2D eigenvalue weighted by Gasteiger charge is -2.10. The molecule has 0 bridgehead atoms. The van der Waals surface area contributed by atoms with Crippen molar-refractivity contribution in [2.75, 3.05) is 12.4 Å². The fourth-order valence-corrected chi connectivity index (χ4v) is 3.27. The number of fused-ring (bicyclic) bond motifs is 1. The Morgan fingerprint density at radius 3 is 2.90 bits per heavy atom. The minimum atomic E-state index is -0.519. The predicted octanol–water partition coefficient (Wildman–Crippen LogP) is 0.863. The van der Waals surface area contributed by atoms with Gasteiger partial charge in [-0.1, -0.05) is 17.7 Å². The van der Waals surface area contributed by atoms with Gasteiger partial charge in [0.2, 0.25) is 11.8 Å². The summed E-state index contributed by atoms with van der Waals surface area (Å²) >= 11 is 6.39. The summed E-state index contributed by atoms with van der Waals surface area (Å²) in [4.78, 5) is 29.9. The molecule has 4 N–H and O–H groups in total. The molecule has 1 saturated carbocycles. The van der Waals surface area contributed by atoms with Gasteiger partial charge in [0.05, 0.1) is 25.0 Å². The quantitative estimate of drug-likeness (QED) is 0.360. The van der Waals surface area contributed by atoms with Gasteiger partial charge in [-0.15, -0.1) is 0 Å². The molecule has 3 aromatic heterocycles. The fraction of sp³-hybridized carbons (Fsp3) is 0.211. The minimum Gasteiger partial charge on any atom is -0.495 e. The number of benzene rings is 1. The zero-order chi connectivity index (χ0) is 21.5. The summed E-state index contributed by atoms with van der Waals surface area (Å²) in [5, 5.41) is 18.3. The van der Waals surface area contributed by atoms with Crippen molar-refractivity contribution in [1.29, 1.82) is 0 Å². The van der Waals surface area contributed by atoms with Crippen LogP contribution in [0.5, 0.6) is 11.6 Å². The van der Waals surface area contributed by atoms with Crippen molar-refractivity contribution in [2.45, 2.75) is 18.9 Å².